The van der Waals surface area contributed by atoms with E-state index in [2.05, 4.69) is 4.98 Å². The number of benzene rings is 2. The minimum absolute atomic E-state index is 0.224. The fourth-order valence-corrected chi connectivity index (χ4v) is 3.03. The van der Waals surface area contributed by atoms with E-state index in [4.69, 9.17) is 28.3 Å². The van der Waals surface area contributed by atoms with E-state index in [1.165, 1.54) is 12.1 Å². The Morgan fingerprint density at radius 1 is 1.09 bits per heavy atom. The first kappa shape index (κ1) is 15.6. The highest BCUT2D eigenvalue weighted by atomic mass is 35.5. The minimum atomic E-state index is -1.01. The third-order valence-electron chi connectivity index (χ3n) is 3.54. The fraction of sp³-hybridized carbons (Fsp3) is 0.0588. The van der Waals surface area contributed by atoms with Crippen LogP contribution in [0.1, 0.15) is 21.6 Å². The molecule has 0 aliphatic rings. The molecule has 1 heterocycles. The second-order valence-corrected chi connectivity index (χ2v) is 5.89. The van der Waals surface area contributed by atoms with Gasteiger partial charge in [-0.05, 0) is 24.3 Å². The van der Waals surface area contributed by atoms with Crippen molar-refractivity contribution in [2.45, 2.75) is 6.42 Å². The lowest BCUT2D eigenvalue weighted by molar-refractivity contribution is -0.136. The summed E-state index contributed by atoms with van der Waals surface area (Å²) in [5.41, 5.74) is 1.66. The number of H-pyrrole nitrogens is 1. The molecular weight excluding hydrogens is 337 g/mol. The molecule has 0 amide bonds. The topological polar surface area (TPSA) is 70.2 Å². The lowest BCUT2D eigenvalue weighted by Gasteiger charge is -2.05. The van der Waals surface area contributed by atoms with Crippen LogP contribution in [-0.2, 0) is 11.2 Å². The Hall–Kier alpha value is -2.30. The third-order valence-corrected chi connectivity index (χ3v) is 4.09. The van der Waals surface area contributed by atoms with Gasteiger partial charge in [0.05, 0.1) is 17.1 Å². The number of hydrogen-bond donors (Lipinski definition) is 2. The number of carboxylic acids is 1. The molecule has 116 valence electrons. The smallest absolute Gasteiger partial charge is 0.307 e. The average Bonchev–Trinajstić information content (AvgIpc) is 2.85. The molecule has 0 fully saturated rings. The number of hydrogen-bond acceptors (Lipinski definition) is 2. The maximum atomic E-state index is 12.8. The number of aromatic amines is 1. The molecular formula is C17H11Cl2NO3. The van der Waals surface area contributed by atoms with Gasteiger partial charge >= 0.3 is 5.97 Å². The molecule has 0 unspecified atom stereocenters. The zero-order chi connectivity index (χ0) is 16.6. The molecule has 0 saturated carbocycles. The van der Waals surface area contributed by atoms with E-state index < -0.39 is 5.97 Å². The van der Waals surface area contributed by atoms with E-state index in [-0.39, 0.29) is 28.5 Å². The number of halogens is 2. The van der Waals surface area contributed by atoms with Crippen molar-refractivity contribution < 1.29 is 14.7 Å². The average molecular weight is 348 g/mol. The van der Waals surface area contributed by atoms with Crippen molar-refractivity contribution in [2.75, 3.05) is 0 Å². The maximum absolute atomic E-state index is 12.8. The number of carboxylic acid groups (broad SMARTS) is 1. The molecule has 23 heavy (non-hydrogen) atoms. The molecule has 0 atom stereocenters. The molecule has 2 N–H and O–H groups in total. The molecule has 0 saturated heterocycles. The Balaban J connectivity index is 2.18. The van der Waals surface area contributed by atoms with Gasteiger partial charge in [-0.1, -0.05) is 41.4 Å². The molecule has 4 nitrogen and oxygen atoms in total. The Morgan fingerprint density at radius 3 is 2.52 bits per heavy atom. The van der Waals surface area contributed by atoms with Crippen LogP contribution < -0.4 is 0 Å². The Morgan fingerprint density at radius 2 is 1.83 bits per heavy atom. The number of carbonyl (C=O) groups excluding carboxylic acids is 1. The maximum Gasteiger partial charge on any atom is 0.307 e. The molecule has 3 aromatic rings. The van der Waals surface area contributed by atoms with E-state index >= 15 is 0 Å². The normalized spacial score (nSPS) is 10.9. The fourth-order valence-electron chi connectivity index (χ4n) is 2.54. The number of aromatic nitrogens is 1. The standard InChI is InChI=1S/C17H11Cl2NO3/c18-9-5-6-11(13(19)7-9)17(23)16-12(8-15(21)22)10-3-1-2-4-14(10)20-16/h1-7,20H,8H2,(H,21,22). The van der Waals surface area contributed by atoms with Crippen molar-refractivity contribution in [3.63, 3.8) is 0 Å². The molecule has 3 rings (SSSR count). The predicted octanol–water partition coefficient (Wildman–Crippen LogP) is 4.33. The van der Waals surface area contributed by atoms with Gasteiger partial charge < -0.3 is 10.1 Å². The van der Waals surface area contributed by atoms with E-state index in [0.29, 0.717) is 21.5 Å². The quantitative estimate of drug-likeness (QED) is 0.690. The second-order valence-electron chi connectivity index (χ2n) is 5.05. The highest BCUT2D eigenvalue weighted by Gasteiger charge is 2.22. The SMILES string of the molecule is O=C(O)Cc1c(C(=O)c2ccc(Cl)cc2Cl)[nH]c2ccccc12. The van der Waals surface area contributed by atoms with E-state index in [1.807, 2.05) is 6.07 Å². The van der Waals surface area contributed by atoms with Crippen molar-refractivity contribution in [3.05, 3.63) is 69.3 Å². The monoisotopic (exact) mass is 347 g/mol. The molecule has 1 aromatic heterocycles. The number of ketones is 1. The van der Waals surface area contributed by atoms with Gasteiger partial charge in [-0.25, -0.2) is 0 Å². The summed E-state index contributed by atoms with van der Waals surface area (Å²) in [6, 6.07) is 11.8. The molecule has 2 aromatic carbocycles. The summed E-state index contributed by atoms with van der Waals surface area (Å²) >= 11 is 11.9. The minimum Gasteiger partial charge on any atom is -0.481 e. The number of carbonyl (C=O) groups is 2. The first-order valence-corrected chi connectivity index (χ1v) is 7.54. The number of fused-ring (bicyclic) bond motifs is 1. The zero-order valence-electron chi connectivity index (χ0n) is 11.8. The molecule has 0 aliphatic carbocycles. The van der Waals surface area contributed by atoms with Crippen LogP contribution in [0.15, 0.2) is 42.5 Å². The van der Waals surface area contributed by atoms with Crippen LogP contribution in [0.25, 0.3) is 10.9 Å². The Bertz CT molecular complexity index is 931. The highest BCUT2D eigenvalue weighted by Crippen LogP contribution is 2.28. The van der Waals surface area contributed by atoms with Gasteiger partial charge in [0.25, 0.3) is 0 Å². The summed E-state index contributed by atoms with van der Waals surface area (Å²) in [5.74, 6) is -1.37. The number of para-hydroxylation sites is 1. The van der Waals surface area contributed by atoms with Gasteiger partial charge in [-0.2, -0.15) is 0 Å². The van der Waals surface area contributed by atoms with Crippen molar-refractivity contribution in [1.82, 2.24) is 4.98 Å². The van der Waals surface area contributed by atoms with Gasteiger partial charge in [0.15, 0.2) is 0 Å². The summed E-state index contributed by atoms with van der Waals surface area (Å²) in [7, 11) is 0. The van der Waals surface area contributed by atoms with Gasteiger partial charge in [-0.15, -0.1) is 0 Å². The van der Waals surface area contributed by atoms with E-state index in [9.17, 15) is 9.59 Å². The van der Waals surface area contributed by atoms with Crippen LogP contribution in [0.5, 0.6) is 0 Å². The first-order valence-electron chi connectivity index (χ1n) is 6.78. The van der Waals surface area contributed by atoms with Crippen LogP contribution in [-0.4, -0.2) is 21.8 Å². The van der Waals surface area contributed by atoms with Crippen LogP contribution in [0.3, 0.4) is 0 Å². The van der Waals surface area contributed by atoms with Gasteiger partial charge in [0.1, 0.15) is 0 Å². The summed E-state index contributed by atoms with van der Waals surface area (Å²) in [5, 5.41) is 10.5. The van der Waals surface area contributed by atoms with Crippen molar-refractivity contribution >= 4 is 45.9 Å². The van der Waals surface area contributed by atoms with Gasteiger partial charge in [0.2, 0.25) is 5.78 Å². The number of rotatable bonds is 4. The first-order chi connectivity index (χ1) is 11.0. The summed E-state index contributed by atoms with van der Waals surface area (Å²) < 4.78 is 0. The molecule has 0 radical (unpaired) electrons. The van der Waals surface area contributed by atoms with Crippen LogP contribution in [0, 0.1) is 0 Å². The molecule has 0 aliphatic heterocycles. The van der Waals surface area contributed by atoms with Crippen LogP contribution >= 0.6 is 23.2 Å². The van der Waals surface area contributed by atoms with Crippen LogP contribution in [0.2, 0.25) is 10.0 Å². The van der Waals surface area contributed by atoms with Gasteiger partial charge in [0, 0.05) is 27.1 Å². The summed E-state index contributed by atoms with van der Waals surface area (Å²) in [6.45, 7) is 0. The van der Waals surface area contributed by atoms with E-state index in [1.54, 1.807) is 24.3 Å². The van der Waals surface area contributed by atoms with Crippen molar-refractivity contribution in [1.29, 1.82) is 0 Å². The predicted molar refractivity (Wildman–Crippen MR) is 89.5 cm³/mol. The Kier molecular flexibility index (Phi) is 4.11. The summed E-state index contributed by atoms with van der Waals surface area (Å²) in [4.78, 5) is 27.0. The highest BCUT2D eigenvalue weighted by molar-refractivity contribution is 6.37. The molecule has 0 spiro atoms. The second kappa shape index (κ2) is 6.07. The molecule has 6 heteroatoms. The van der Waals surface area contributed by atoms with Crippen molar-refractivity contribution in [3.8, 4) is 0 Å². The van der Waals surface area contributed by atoms with Crippen LogP contribution in [0.4, 0.5) is 0 Å². The third kappa shape index (κ3) is 2.96. The molecule has 0 bridgehead atoms. The lowest BCUT2D eigenvalue weighted by Crippen LogP contribution is -2.09. The van der Waals surface area contributed by atoms with Crippen molar-refractivity contribution in [2.24, 2.45) is 0 Å². The Labute approximate surface area is 141 Å². The number of nitrogens with one attached hydrogen (secondary N) is 1. The lowest BCUT2D eigenvalue weighted by atomic mass is 10.0. The zero-order valence-corrected chi connectivity index (χ0v) is 13.3. The number of aliphatic carboxylic acids is 1. The van der Waals surface area contributed by atoms with Gasteiger partial charge in [-0.3, -0.25) is 9.59 Å². The largest absolute Gasteiger partial charge is 0.481 e. The summed E-state index contributed by atoms with van der Waals surface area (Å²) in [6.07, 6.45) is -0.254. The van der Waals surface area contributed by atoms with E-state index in [0.717, 1.165) is 0 Å².